The first-order valence-corrected chi connectivity index (χ1v) is 19.9. The number of benzene rings is 6. The minimum absolute atomic E-state index is 0.440. The van der Waals surface area contributed by atoms with Crippen molar-refractivity contribution in [1.82, 2.24) is 0 Å². The molecule has 0 saturated carbocycles. The first-order chi connectivity index (χ1) is 34.4. The molecule has 408 valence electrons. The zero-order valence-corrected chi connectivity index (χ0v) is 35.9. The molecule has 0 aliphatic heterocycles. The maximum absolute atomic E-state index is 15.1. The van der Waals surface area contributed by atoms with E-state index in [4.69, 9.17) is 0 Å². The highest BCUT2D eigenvalue weighted by atomic mass is 19.4. The van der Waals surface area contributed by atoms with Crippen LogP contribution in [0.4, 0.5) is 119 Å². The summed E-state index contributed by atoms with van der Waals surface area (Å²) in [4.78, 5) is 0. The van der Waals surface area contributed by atoms with Crippen molar-refractivity contribution >= 4 is 7.32 Å². The van der Waals surface area contributed by atoms with Crippen LogP contribution in [0.15, 0.2) is 109 Å². The highest BCUT2D eigenvalue weighted by Crippen LogP contribution is 2.58. The van der Waals surface area contributed by atoms with E-state index < -0.39 is 182 Å². The smallest absolute Gasteiger partial charge is 0.489 e. The molecule has 0 atom stereocenters. The zero-order chi connectivity index (χ0) is 57.3. The summed E-state index contributed by atoms with van der Waals surface area (Å²) in [5.41, 5.74) is -42.7. The summed E-state index contributed by atoms with van der Waals surface area (Å²) < 4.78 is 415. The van der Waals surface area contributed by atoms with Crippen LogP contribution in [0.2, 0.25) is 0 Å². The van der Waals surface area contributed by atoms with Crippen LogP contribution in [0.1, 0.15) is 50.1 Å². The van der Waals surface area contributed by atoms with Crippen LogP contribution in [0.3, 0.4) is 0 Å². The highest BCUT2D eigenvalue weighted by molar-refractivity contribution is 6.39. The SMILES string of the molecule is FC(F)(F)c1c(OB(Oc2cc(-c3ccccc3)c(C(F)(F)F)c(C(F)(F)F)c2C(F)(F)F)Oc2cc(-c3ccccc3)c(C(F)(F)F)c(C(F)(F)F)c2C(F)(F)F)cc(-c2ccccc2)c(C(F)(F)F)c1C(F)(F)F. The maximum atomic E-state index is 15.1. The molecule has 76 heavy (non-hydrogen) atoms. The van der Waals surface area contributed by atoms with Crippen LogP contribution in [0, 0.1) is 0 Å². The predicted octanol–water partition coefficient (Wildman–Crippen LogP) is 18.4. The van der Waals surface area contributed by atoms with Crippen LogP contribution in [-0.4, -0.2) is 7.32 Å². The Kier molecular flexibility index (Phi) is 14.9. The number of hydrogen-bond acceptors (Lipinski definition) is 3. The van der Waals surface area contributed by atoms with Crippen molar-refractivity contribution in [3.63, 3.8) is 0 Å². The Morgan fingerprint density at radius 1 is 0.224 bits per heavy atom. The van der Waals surface area contributed by atoms with Crippen LogP contribution in [0.25, 0.3) is 33.4 Å². The first kappa shape index (κ1) is 58.2. The molecule has 0 fully saturated rings. The summed E-state index contributed by atoms with van der Waals surface area (Å²) in [6.45, 7) is 0. The summed E-state index contributed by atoms with van der Waals surface area (Å²) >= 11 is 0. The molecular weight excluding hydrogens is 1110 g/mol. The molecule has 0 radical (unpaired) electrons. The van der Waals surface area contributed by atoms with Crippen LogP contribution in [0.5, 0.6) is 17.2 Å². The van der Waals surface area contributed by atoms with Gasteiger partial charge in [0.1, 0.15) is 33.9 Å². The molecule has 6 aromatic carbocycles. The normalized spacial score (nSPS) is 13.5. The Morgan fingerprint density at radius 2 is 0.395 bits per heavy atom. The molecule has 6 rings (SSSR count). The molecule has 0 bridgehead atoms. The van der Waals surface area contributed by atoms with E-state index in [1.165, 1.54) is 0 Å². The molecule has 0 saturated heterocycles. The van der Waals surface area contributed by atoms with Crippen molar-refractivity contribution < 1.29 is 133 Å². The number of rotatable bonds is 9. The highest BCUT2D eigenvalue weighted by Gasteiger charge is 2.58. The van der Waals surface area contributed by atoms with Gasteiger partial charge < -0.3 is 14.0 Å². The van der Waals surface area contributed by atoms with Crippen molar-refractivity contribution in [1.29, 1.82) is 0 Å². The second-order valence-corrected chi connectivity index (χ2v) is 15.4. The second kappa shape index (κ2) is 19.5. The quantitative estimate of drug-likeness (QED) is 0.107. The summed E-state index contributed by atoms with van der Waals surface area (Å²) in [7, 11) is -4.70. The van der Waals surface area contributed by atoms with E-state index in [9.17, 15) is 79.0 Å². The Labute approximate surface area is 405 Å². The van der Waals surface area contributed by atoms with Crippen molar-refractivity contribution in [2.24, 2.45) is 0 Å². The lowest BCUT2D eigenvalue weighted by molar-refractivity contribution is -0.175. The Bertz CT molecular complexity index is 2740. The Morgan fingerprint density at radius 3 is 0.553 bits per heavy atom. The monoisotopic (exact) mass is 1130 g/mol. The fourth-order valence-electron chi connectivity index (χ4n) is 7.75. The molecule has 3 nitrogen and oxygen atoms in total. The van der Waals surface area contributed by atoms with Gasteiger partial charge >= 0.3 is 62.9 Å². The van der Waals surface area contributed by atoms with Gasteiger partial charge in [0.05, 0.1) is 33.4 Å². The van der Waals surface area contributed by atoms with Gasteiger partial charge in [-0.1, -0.05) is 91.0 Å². The summed E-state index contributed by atoms with van der Waals surface area (Å²) in [5.74, 6) is -8.89. The zero-order valence-electron chi connectivity index (χ0n) is 35.9. The second-order valence-electron chi connectivity index (χ2n) is 15.4. The third kappa shape index (κ3) is 12.1. The van der Waals surface area contributed by atoms with Gasteiger partial charge in [0.15, 0.2) is 0 Å². The fourth-order valence-corrected chi connectivity index (χ4v) is 7.75. The lowest BCUT2D eigenvalue weighted by Gasteiger charge is -2.30. The van der Waals surface area contributed by atoms with E-state index in [1.54, 1.807) is 0 Å². The van der Waals surface area contributed by atoms with Gasteiger partial charge in [0, 0.05) is 0 Å². The van der Waals surface area contributed by atoms with Gasteiger partial charge in [-0.2, -0.15) is 119 Å². The lowest BCUT2D eigenvalue weighted by atomic mass is 9.88. The standard InChI is InChI=1S/C45H18BF27O3/c47-37(48,49)28-22(19-10-4-1-5-11-19)16-25(31(40(56,57)58)34(28)43(65,66)67)74-46(75-26-17-23(20-12-6-2-7-13-20)29(38(50,51)52)35(44(68,69)70)32(26)41(59,60)61)76-27-18-24(21-14-8-3-9-15-21)30(39(53,54)55)36(45(71,72)73)33(27)42(62,63)64/h1-18H. The third-order valence-electron chi connectivity index (χ3n) is 10.3. The third-order valence-corrected chi connectivity index (χ3v) is 10.3. The van der Waals surface area contributed by atoms with Crippen LogP contribution in [-0.2, 0) is 55.6 Å². The molecule has 0 aromatic heterocycles. The maximum Gasteiger partial charge on any atom is 0.864 e. The van der Waals surface area contributed by atoms with Gasteiger partial charge in [-0.25, -0.2) is 0 Å². The number of alkyl halides is 27. The molecule has 0 N–H and O–H groups in total. The molecule has 0 aliphatic rings. The largest absolute Gasteiger partial charge is 0.864 e. The molecular formula is C45H18BF27O3. The predicted molar refractivity (Wildman–Crippen MR) is 208 cm³/mol. The average molecular weight is 1130 g/mol. The van der Waals surface area contributed by atoms with Gasteiger partial charge in [-0.05, 0) is 51.6 Å². The molecule has 0 unspecified atom stereocenters. The Balaban J connectivity index is 1.88. The van der Waals surface area contributed by atoms with E-state index in [0.29, 0.717) is 72.8 Å². The molecule has 6 aromatic rings. The first-order valence-electron chi connectivity index (χ1n) is 19.9. The lowest BCUT2D eigenvalue weighted by Crippen LogP contribution is -2.40. The van der Waals surface area contributed by atoms with Gasteiger partial charge in [0.2, 0.25) is 0 Å². The summed E-state index contributed by atoms with van der Waals surface area (Å²) in [6, 6.07) is 7.52. The van der Waals surface area contributed by atoms with Crippen molar-refractivity contribution in [2.45, 2.75) is 55.6 Å². The molecule has 0 aliphatic carbocycles. The van der Waals surface area contributed by atoms with E-state index in [1.807, 2.05) is 0 Å². The average Bonchev–Trinajstić information content (AvgIpc) is 3.25. The van der Waals surface area contributed by atoms with Gasteiger partial charge in [0.25, 0.3) is 0 Å². The number of halogens is 27. The van der Waals surface area contributed by atoms with Gasteiger partial charge in [-0.15, -0.1) is 0 Å². The molecule has 31 heteroatoms. The fraction of sp³-hybridized carbons (Fsp3) is 0.200. The molecule has 0 amide bonds. The summed E-state index contributed by atoms with van der Waals surface area (Å²) in [6.07, 6.45) is -61.6. The summed E-state index contributed by atoms with van der Waals surface area (Å²) in [5, 5.41) is 0. The number of hydrogen-bond donors (Lipinski definition) is 0. The van der Waals surface area contributed by atoms with E-state index >= 15 is 39.5 Å². The molecule has 0 spiro atoms. The van der Waals surface area contributed by atoms with Crippen LogP contribution < -0.4 is 14.0 Å². The topological polar surface area (TPSA) is 27.7 Å². The van der Waals surface area contributed by atoms with E-state index in [0.717, 1.165) is 18.2 Å². The van der Waals surface area contributed by atoms with Gasteiger partial charge in [-0.3, -0.25) is 0 Å². The Hall–Kier alpha value is -7.11. The minimum Gasteiger partial charge on any atom is -0.489 e. The van der Waals surface area contributed by atoms with Crippen molar-refractivity contribution in [3.8, 4) is 50.6 Å². The van der Waals surface area contributed by atoms with E-state index in [2.05, 4.69) is 14.0 Å². The van der Waals surface area contributed by atoms with E-state index in [-0.39, 0.29) is 0 Å². The van der Waals surface area contributed by atoms with Crippen LogP contribution >= 0.6 is 0 Å². The van der Waals surface area contributed by atoms with Crippen molar-refractivity contribution in [2.75, 3.05) is 0 Å². The molecule has 0 heterocycles. The minimum atomic E-state index is -6.98. The van der Waals surface area contributed by atoms with Crippen molar-refractivity contribution in [3.05, 3.63) is 159 Å².